The molecular formula is C16H17NO7S. The van der Waals surface area contributed by atoms with Crippen LogP contribution in [0.25, 0.3) is 0 Å². The van der Waals surface area contributed by atoms with Crippen LogP contribution in [-0.4, -0.2) is 34.6 Å². The third-order valence-electron chi connectivity index (χ3n) is 3.42. The highest BCUT2D eigenvalue weighted by atomic mass is 32.2. The van der Waals surface area contributed by atoms with E-state index in [4.69, 9.17) is 4.42 Å². The van der Waals surface area contributed by atoms with Crippen LogP contribution in [-0.2, 0) is 19.5 Å². The third-order valence-corrected chi connectivity index (χ3v) is 4.96. The van der Waals surface area contributed by atoms with Gasteiger partial charge in [0, 0.05) is 5.69 Å². The number of rotatable bonds is 5. The number of sulfonamides is 1. The van der Waals surface area contributed by atoms with Gasteiger partial charge in [-0.3, -0.25) is 4.72 Å². The SMILES string of the molecule is COC(=O)c1ccc(NS(=O)(=O)c2c(C)oc(C)c2C(=O)OC)cc1. The lowest BCUT2D eigenvalue weighted by atomic mass is 10.2. The number of nitrogens with one attached hydrogen (secondary N) is 1. The number of benzene rings is 1. The number of ether oxygens (including phenoxy) is 2. The smallest absolute Gasteiger partial charge is 0.342 e. The van der Waals surface area contributed by atoms with Gasteiger partial charge in [-0.25, -0.2) is 18.0 Å². The van der Waals surface area contributed by atoms with Crippen LogP contribution < -0.4 is 4.72 Å². The lowest BCUT2D eigenvalue weighted by molar-refractivity contribution is 0.0588. The molecule has 2 rings (SSSR count). The molecule has 0 saturated heterocycles. The molecule has 1 heterocycles. The van der Waals surface area contributed by atoms with Gasteiger partial charge in [-0.15, -0.1) is 0 Å². The van der Waals surface area contributed by atoms with Gasteiger partial charge in [-0.05, 0) is 38.1 Å². The zero-order valence-corrected chi connectivity index (χ0v) is 14.9. The Morgan fingerprint density at radius 3 is 2.04 bits per heavy atom. The summed E-state index contributed by atoms with van der Waals surface area (Å²) in [6.45, 7) is 2.91. The van der Waals surface area contributed by atoms with E-state index < -0.39 is 22.0 Å². The van der Waals surface area contributed by atoms with E-state index in [0.717, 1.165) is 7.11 Å². The minimum absolute atomic E-state index is 0.0663. The molecule has 8 nitrogen and oxygen atoms in total. The Bertz CT molecular complexity index is 911. The molecule has 1 aromatic carbocycles. The van der Waals surface area contributed by atoms with Crippen molar-refractivity contribution in [3.8, 4) is 0 Å². The molecule has 2 aromatic rings. The van der Waals surface area contributed by atoms with E-state index in [2.05, 4.69) is 14.2 Å². The molecule has 0 aliphatic rings. The van der Waals surface area contributed by atoms with E-state index in [9.17, 15) is 18.0 Å². The predicted octanol–water partition coefficient (Wildman–Crippen LogP) is 2.27. The number of furan rings is 1. The van der Waals surface area contributed by atoms with Crippen molar-refractivity contribution in [2.24, 2.45) is 0 Å². The van der Waals surface area contributed by atoms with Crippen molar-refractivity contribution in [2.75, 3.05) is 18.9 Å². The minimum atomic E-state index is -4.11. The number of hydrogen-bond donors (Lipinski definition) is 1. The average molecular weight is 367 g/mol. The second kappa shape index (κ2) is 6.98. The summed E-state index contributed by atoms with van der Waals surface area (Å²) in [5, 5.41) is 0. The topological polar surface area (TPSA) is 112 Å². The summed E-state index contributed by atoms with van der Waals surface area (Å²) in [4.78, 5) is 23.0. The molecule has 0 fully saturated rings. The van der Waals surface area contributed by atoms with Gasteiger partial charge in [-0.2, -0.15) is 0 Å². The Kier molecular flexibility index (Phi) is 5.17. The van der Waals surface area contributed by atoms with Crippen molar-refractivity contribution in [1.29, 1.82) is 0 Å². The summed E-state index contributed by atoms with van der Waals surface area (Å²) >= 11 is 0. The highest BCUT2D eigenvalue weighted by Gasteiger charge is 2.31. The molecule has 0 radical (unpaired) electrons. The Hall–Kier alpha value is -2.81. The third kappa shape index (κ3) is 3.66. The van der Waals surface area contributed by atoms with E-state index in [-0.39, 0.29) is 33.2 Å². The van der Waals surface area contributed by atoms with Gasteiger partial charge < -0.3 is 13.9 Å². The molecule has 1 aromatic heterocycles. The normalized spacial score (nSPS) is 11.0. The average Bonchev–Trinajstić information content (AvgIpc) is 2.88. The van der Waals surface area contributed by atoms with Crippen LogP contribution >= 0.6 is 0 Å². The Balaban J connectivity index is 2.40. The molecule has 25 heavy (non-hydrogen) atoms. The van der Waals surface area contributed by atoms with Gasteiger partial charge in [0.25, 0.3) is 10.0 Å². The van der Waals surface area contributed by atoms with Crippen LogP contribution in [0.2, 0.25) is 0 Å². The first kappa shape index (κ1) is 18.5. The fourth-order valence-electron chi connectivity index (χ4n) is 2.32. The van der Waals surface area contributed by atoms with Crippen molar-refractivity contribution in [2.45, 2.75) is 18.7 Å². The number of carbonyl (C=O) groups excluding carboxylic acids is 2. The maximum absolute atomic E-state index is 12.7. The van der Waals surface area contributed by atoms with Gasteiger partial charge in [0.1, 0.15) is 22.0 Å². The second-order valence-corrected chi connectivity index (χ2v) is 6.70. The van der Waals surface area contributed by atoms with E-state index in [1.807, 2.05) is 0 Å². The summed E-state index contributed by atoms with van der Waals surface area (Å²) in [5.41, 5.74) is 0.330. The van der Waals surface area contributed by atoms with E-state index >= 15 is 0 Å². The summed E-state index contributed by atoms with van der Waals surface area (Å²) in [6, 6.07) is 5.64. The molecule has 0 aliphatic carbocycles. The molecule has 0 spiro atoms. The van der Waals surface area contributed by atoms with Gasteiger partial charge >= 0.3 is 11.9 Å². The summed E-state index contributed by atoms with van der Waals surface area (Å²) < 4.78 is 42.2. The first-order chi connectivity index (χ1) is 11.7. The second-order valence-electron chi connectivity index (χ2n) is 5.08. The van der Waals surface area contributed by atoms with Crippen LogP contribution in [0.5, 0.6) is 0 Å². The molecule has 134 valence electrons. The number of esters is 2. The zero-order valence-electron chi connectivity index (χ0n) is 14.1. The number of aryl methyl sites for hydroxylation is 2. The molecular weight excluding hydrogens is 350 g/mol. The molecule has 0 atom stereocenters. The number of anilines is 1. The maximum atomic E-state index is 12.7. The monoisotopic (exact) mass is 367 g/mol. The van der Waals surface area contributed by atoms with Crippen molar-refractivity contribution in [1.82, 2.24) is 0 Å². The molecule has 0 bridgehead atoms. The minimum Gasteiger partial charge on any atom is -0.465 e. The fraction of sp³-hybridized carbons (Fsp3) is 0.250. The van der Waals surface area contributed by atoms with Crippen molar-refractivity contribution in [3.63, 3.8) is 0 Å². The number of hydrogen-bond acceptors (Lipinski definition) is 7. The van der Waals surface area contributed by atoms with Crippen LogP contribution in [0.4, 0.5) is 5.69 Å². The first-order valence-electron chi connectivity index (χ1n) is 7.10. The maximum Gasteiger partial charge on any atom is 0.342 e. The number of carbonyl (C=O) groups is 2. The van der Waals surface area contributed by atoms with Crippen molar-refractivity contribution in [3.05, 3.63) is 46.9 Å². The lowest BCUT2D eigenvalue weighted by Gasteiger charge is -2.09. The van der Waals surface area contributed by atoms with Crippen LogP contribution in [0.3, 0.4) is 0 Å². The highest BCUT2D eigenvalue weighted by Crippen LogP contribution is 2.29. The van der Waals surface area contributed by atoms with Gasteiger partial charge in [0.15, 0.2) is 0 Å². The quantitative estimate of drug-likeness (QED) is 0.807. The predicted molar refractivity (Wildman–Crippen MR) is 88.1 cm³/mol. The molecule has 9 heteroatoms. The highest BCUT2D eigenvalue weighted by molar-refractivity contribution is 7.92. The Morgan fingerprint density at radius 2 is 1.52 bits per heavy atom. The van der Waals surface area contributed by atoms with Crippen LogP contribution in [0, 0.1) is 13.8 Å². The van der Waals surface area contributed by atoms with E-state index in [1.165, 1.54) is 45.2 Å². The fourth-order valence-corrected chi connectivity index (χ4v) is 3.79. The molecule has 1 N–H and O–H groups in total. The molecule has 0 amide bonds. The standard InChI is InChI=1S/C16H17NO7S/c1-9-13(16(19)23-4)14(10(2)24-9)25(20,21)17-12-7-5-11(6-8-12)15(18)22-3/h5-8,17H,1-4H3. The van der Waals surface area contributed by atoms with Gasteiger partial charge in [0.05, 0.1) is 19.8 Å². The van der Waals surface area contributed by atoms with Crippen LogP contribution in [0.1, 0.15) is 32.2 Å². The zero-order chi connectivity index (χ0) is 18.8. The summed E-state index contributed by atoms with van der Waals surface area (Å²) in [5.74, 6) is -1.14. The van der Waals surface area contributed by atoms with Gasteiger partial charge in [0.2, 0.25) is 0 Å². The van der Waals surface area contributed by atoms with E-state index in [1.54, 1.807) is 0 Å². The Labute approximate surface area is 144 Å². The van der Waals surface area contributed by atoms with Crippen LogP contribution in [0.15, 0.2) is 33.6 Å². The van der Waals surface area contributed by atoms with Crippen molar-refractivity contribution >= 4 is 27.6 Å². The molecule has 0 aliphatic heterocycles. The molecule has 0 unspecified atom stereocenters. The first-order valence-corrected chi connectivity index (χ1v) is 8.59. The van der Waals surface area contributed by atoms with E-state index in [0.29, 0.717) is 0 Å². The summed E-state index contributed by atoms with van der Waals surface area (Å²) in [6.07, 6.45) is 0. The Morgan fingerprint density at radius 1 is 0.960 bits per heavy atom. The van der Waals surface area contributed by atoms with Crippen molar-refractivity contribution < 1.29 is 31.9 Å². The van der Waals surface area contributed by atoms with Gasteiger partial charge in [-0.1, -0.05) is 0 Å². The molecule has 0 saturated carbocycles. The number of methoxy groups -OCH3 is 2. The largest absolute Gasteiger partial charge is 0.465 e. The summed E-state index contributed by atoms with van der Waals surface area (Å²) in [7, 11) is -1.71. The lowest BCUT2D eigenvalue weighted by Crippen LogP contribution is -2.17.